The summed E-state index contributed by atoms with van der Waals surface area (Å²) in [7, 11) is 1.56. The number of halogens is 4. The van der Waals surface area contributed by atoms with E-state index < -0.39 is 6.61 Å². The first-order valence-electron chi connectivity index (χ1n) is 6.22. The molecule has 0 unspecified atom stereocenters. The van der Waals surface area contributed by atoms with Crippen LogP contribution in [-0.4, -0.2) is 39.3 Å². The van der Waals surface area contributed by atoms with E-state index in [0.717, 1.165) is 0 Å². The fourth-order valence-corrected chi connectivity index (χ4v) is 1.72. The summed E-state index contributed by atoms with van der Waals surface area (Å²) in [5.74, 6) is -0.281. The fourth-order valence-electron chi connectivity index (χ4n) is 1.53. The molecule has 0 atom stereocenters. The third-order valence-corrected chi connectivity index (χ3v) is 2.72. The Morgan fingerprint density at radius 2 is 2.14 bits per heavy atom. The van der Waals surface area contributed by atoms with Gasteiger partial charge in [0.05, 0.1) is 13.2 Å². The van der Waals surface area contributed by atoms with Crippen LogP contribution in [0.25, 0.3) is 0 Å². The van der Waals surface area contributed by atoms with Crippen molar-refractivity contribution >= 4 is 29.9 Å². The van der Waals surface area contributed by atoms with E-state index in [2.05, 4.69) is 15.4 Å². The zero-order chi connectivity index (χ0) is 15.7. The van der Waals surface area contributed by atoms with E-state index in [9.17, 15) is 13.6 Å². The van der Waals surface area contributed by atoms with Gasteiger partial charge in [-0.05, 0) is 18.2 Å². The van der Waals surface area contributed by atoms with Crippen LogP contribution < -0.4 is 15.4 Å². The summed E-state index contributed by atoms with van der Waals surface area (Å²) in [6, 6.07) is 4.25. The highest BCUT2D eigenvalue weighted by molar-refractivity contribution is 6.30. The standard InChI is InChI=1S/C13H17ClF2N2O3.ClH/c1-20-5-4-17-8-12(19)18-7-9-6-10(14)2-3-11(9)21-13(15)16;/h2-3,6,13,17H,4-5,7-8H2,1H3,(H,18,19);1H. The molecule has 0 spiro atoms. The lowest BCUT2D eigenvalue weighted by molar-refractivity contribution is -0.120. The lowest BCUT2D eigenvalue weighted by Crippen LogP contribution is -2.34. The van der Waals surface area contributed by atoms with E-state index in [0.29, 0.717) is 23.7 Å². The number of nitrogens with one attached hydrogen (secondary N) is 2. The summed E-state index contributed by atoms with van der Waals surface area (Å²) in [5.41, 5.74) is 0.382. The SMILES string of the molecule is COCCNCC(=O)NCc1cc(Cl)ccc1OC(F)F.Cl. The Labute approximate surface area is 138 Å². The van der Waals surface area contributed by atoms with Gasteiger partial charge in [-0.3, -0.25) is 4.79 Å². The number of benzene rings is 1. The zero-order valence-corrected chi connectivity index (χ0v) is 13.5. The molecule has 0 bridgehead atoms. The van der Waals surface area contributed by atoms with Crippen molar-refractivity contribution in [2.24, 2.45) is 0 Å². The molecule has 0 aliphatic carbocycles. The van der Waals surface area contributed by atoms with E-state index in [-0.39, 0.29) is 37.2 Å². The lowest BCUT2D eigenvalue weighted by atomic mass is 10.2. The molecule has 1 aromatic rings. The zero-order valence-electron chi connectivity index (χ0n) is 11.9. The molecule has 0 aromatic heterocycles. The predicted molar refractivity (Wildman–Crippen MR) is 81.9 cm³/mol. The third kappa shape index (κ3) is 8.33. The Kier molecular flexibility index (Phi) is 10.8. The van der Waals surface area contributed by atoms with Crippen molar-refractivity contribution in [2.45, 2.75) is 13.2 Å². The Hall–Kier alpha value is -1.15. The molecule has 1 aromatic carbocycles. The first-order valence-corrected chi connectivity index (χ1v) is 6.60. The highest BCUT2D eigenvalue weighted by Crippen LogP contribution is 2.24. The lowest BCUT2D eigenvalue weighted by Gasteiger charge is -2.12. The van der Waals surface area contributed by atoms with Gasteiger partial charge in [-0.2, -0.15) is 8.78 Å². The summed E-state index contributed by atoms with van der Waals surface area (Å²) in [4.78, 5) is 11.6. The molecule has 9 heteroatoms. The molecule has 0 saturated heterocycles. The van der Waals surface area contributed by atoms with Crippen molar-refractivity contribution in [3.8, 4) is 5.75 Å². The molecule has 126 valence electrons. The number of amides is 1. The largest absolute Gasteiger partial charge is 0.434 e. The minimum Gasteiger partial charge on any atom is -0.434 e. The minimum absolute atomic E-state index is 0. The summed E-state index contributed by atoms with van der Waals surface area (Å²) in [5, 5.41) is 5.83. The first kappa shape index (κ1) is 20.9. The van der Waals surface area contributed by atoms with Gasteiger partial charge in [-0.15, -0.1) is 12.4 Å². The van der Waals surface area contributed by atoms with Crippen LogP contribution in [-0.2, 0) is 16.1 Å². The van der Waals surface area contributed by atoms with Gasteiger partial charge < -0.3 is 20.1 Å². The van der Waals surface area contributed by atoms with Crippen LogP contribution in [0.1, 0.15) is 5.56 Å². The van der Waals surface area contributed by atoms with Gasteiger partial charge in [0.25, 0.3) is 0 Å². The number of hydrogen-bond acceptors (Lipinski definition) is 4. The molecule has 1 amide bonds. The van der Waals surface area contributed by atoms with Crippen LogP contribution in [0.3, 0.4) is 0 Å². The maximum absolute atomic E-state index is 12.3. The molecule has 0 saturated carbocycles. The summed E-state index contributed by atoms with van der Waals surface area (Å²) in [6.07, 6.45) is 0. The second kappa shape index (κ2) is 11.4. The molecule has 22 heavy (non-hydrogen) atoms. The van der Waals surface area contributed by atoms with Gasteiger partial charge in [0.2, 0.25) is 5.91 Å². The Morgan fingerprint density at radius 1 is 1.41 bits per heavy atom. The van der Waals surface area contributed by atoms with E-state index in [4.69, 9.17) is 16.3 Å². The maximum Gasteiger partial charge on any atom is 0.387 e. The average molecular weight is 359 g/mol. The molecule has 0 radical (unpaired) electrons. The molecule has 1 rings (SSSR count). The second-order valence-electron chi connectivity index (χ2n) is 4.08. The Bertz CT molecular complexity index is 465. The van der Waals surface area contributed by atoms with E-state index in [1.807, 2.05) is 0 Å². The average Bonchev–Trinajstić information content (AvgIpc) is 2.43. The van der Waals surface area contributed by atoms with Crippen molar-refractivity contribution in [1.82, 2.24) is 10.6 Å². The molecular formula is C13H18Cl2F2N2O3. The molecule has 2 N–H and O–H groups in total. The van der Waals surface area contributed by atoms with Crippen molar-refractivity contribution in [3.63, 3.8) is 0 Å². The van der Waals surface area contributed by atoms with Gasteiger partial charge in [0, 0.05) is 30.8 Å². The van der Waals surface area contributed by atoms with Crippen LogP contribution in [0.5, 0.6) is 5.75 Å². The van der Waals surface area contributed by atoms with E-state index in [1.54, 1.807) is 7.11 Å². The van der Waals surface area contributed by atoms with Crippen LogP contribution in [0.15, 0.2) is 18.2 Å². The first-order chi connectivity index (χ1) is 10.0. The van der Waals surface area contributed by atoms with Crippen molar-refractivity contribution in [3.05, 3.63) is 28.8 Å². The number of ether oxygens (including phenoxy) is 2. The van der Waals surface area contributed by atoms with Gasteiger partial charge in [0.15, 0.2) is 0 Å². The number of methoxy groups -OCH3 is 1. The predicted octanol–water partition coefficient (Wildman–Crippen LogP) is 2.22. The fraction of sp³-hybridized carbons (Fsp3) is 0.462. The molecule has 0 aliphatic heterocycles. The van der Waals surface area contributed by atoms with Crippen molar-refractivity contribution in [1.29, 1.82) is 0 Å². The summed E-state index contributed by atoms with van der Waals surface area (Å²) in [6.45, 7) is -1.74. The van der Waals surface area contributed by atoms with Crippen LogP contribution in [0, 0.1) is 0 Å². The Morgan fingerprint density at radius 3 is 2.77 bits per heavy atom. The highest BCUT2D eigenvalue weighted by Gasteiger charge is 2.11. The topological polar surface area (TPSA) is 59.6 Å². The minimum atomic E-state index is -2.93. The summed E-state index contributed by atoms with van der Waals surface area (Å²) < 4.78 is 33.7. The third-order valence-electron chi connectivity index (χ3n) is 2.48. The number of carbonyl (C=O) groups excluding carboxylic acids is 1. The van der Waals surface area contributed by atoms with Crippen molar-refractivity contribution in [2.75, 3.05) is 26.8 Å². The second-order valence-corrected chi connectivity index (χ2v) is 4.51. The van der Waals surface area contributed by atoms with E-state index in [1.165, 1.54) is 18.2 Å². The van der Waals surface area contributed by atoms with E-state index >= 15 is 0 Å². The van der Waals surface area contributed by atoms with Gasteiger partial charge in [-0.25, -0.2) is 0 Å². The number of carbonyl (C=O) groups is 1. The quantitative estimate of drug-likeness (QED) is 0.664. The van der Waals surface area contributed by atoms with Crippen LogP contribution in [0.4, 0.5) is 8.78 Å². The summed E-state index contributed by atoms with van der Waals surface area (Å²) >= 11 is 5.81. The molecular weight excluding hydrogens is 341 g/mol. The van der Waals surface area contributed by atoms with Crippen LogP contribution in [0.2, 0.25) is 5.02 Å². The van der Waals surface area contributed by atoms with Crippen LogP contribution >= 0.6 is 24.0 Å². The number of hydrogen-bond donors (Lipinski definition) is 2. The number of alkyl halides is 2. The molecule has 5 nitrogen and oxygen atoms in total. The maximum atomic E-state index is 12.3. The molecule has 0 fully saturated rings. The Balaban J connectivity index is 0.00000441. The monoisotopic (exact) mass is 358 g/mol. The molecule has 0 heterocycles. The van der Waals surface area contributed by atoms with Crippen molar-refractivity contribution < 1.29 is 23.0 Å². The highest BCUT2D eigenvalue weighted by atomic mass is 35.5. The number of rotatable bonds is 9. The van der Waals surface area contributed by atoms with Gasteiger partial charge in [0.1, 0.15) is 5.75 Å². The smallest absolute Gasteiger partial charge is 0.387 e. The van der Waals surface area contributed by atoms with Gasteiger partial charge in [-0.1, -0.05) is 11.6 Å². The van der Waals surface area contributed by atoms with Gasteiger partial charge >= 0.3 is 6.61 Å². The molecule has 0 aliphatic rings. The normalized spacial score (nSPS) is 10.2.